The highest BCUT2D eigenvalue weighted by atomic mass is 19.1. The summed E-state index contributed by atoms with van der Waals surface area (Å²) in [5, 5.41) is 2.61. The third-order valence-corrected chi connectivity index (χ3v) is 4.44. The van der Waals surface area contributed by atoms with Gasteiger partial charge in [-0.3, -0.25) is 9.69 Å². The topological polar surface area (TPSA) is 97.1 Å². The second-order valence-electron chi connectivity index (χ2n) is 6.36. The Morgan fingerprint density at radius 2 is 2.19 bits per heavy atom. The molecule has 2 amide bonds. The monoisotopic (exact) mass is 366 g/mol. The summed E-state index contributed by atoms with van der Waals surface area (Å²) in [4.78, 5) is 26.3. The minimum absolute atomic E-state index is 0.120. The van der Waals surface area contributed by atoms with E-state index in [9.17, 15) is 14.0 Å². The van der Waals surface area contributed by atoms with Crippen LogP contribution in [0.5, 0.6) is 0 Å². The number of hydrogen-bond donors (Lipinski definition) is 2. The minimum Gasteiger partial charge on any atom is -0.442 e. The van der Waals surface area contributed by atoms with Gasteiger partial charge >= 0.3 is 6.09 Å². The van der Waals surface area contributed by atoms with E-state index in [1.807, 2.05) is 4.90 Å². The molecule has 0 radical (unpaired) electrons. The lowest BCUT2D eigenvalue weighted by Crippen LogP contribution is -2.46. The van der Waals surface area contributed by atoms with E-state index in [2.05, 4.69) is 5.32 Å². The zero-order valence-corrected chi connectivity index (χ0v) is 14.6. The molecule has 0 unspecified atom stereocenters. The number of carbonyl (C=O) groups is 2. The van der Waals surface area contributed by atoms with Gasteiger partial charge in [0.05, 0.1) is 37.2 Å². The zero-order chi connectivity index (χ0) is 18.7. The van der Waals surface area contributed by atoms with Gasteiger partial charge in [0.25, 0.3) is 0 Å². The lowest BCUT2D eigenvalue weighted by atomic mass is 10.2. The van der Waals surface area contributed by atoms with Crippen LogP contribution in [0.1, 0.15) is 6.92 Å². The van der Waals surface area contributed by atoms with Gasteiger partial charge < -0.3 is 25.4 Å². The van der Waals surface area contributed by atoms with Gasteiger partial charge in [-0.25, -0.2) is 9.18 Å². The largest absolute Gasteiger partial charge is 0.442 e. The van der Waals surface area contributed by atoms with Crippen LogP contribution in [0, 0.1) is 5.82 Å². The van der Waals surface area contributed by atoms with Crippen molar-refractivity contribution in [1.29, 1.82) is 0 Å². The SMILES string of the molecule is CC(=O)NC[C@H]1CN(c2ccc(N3CCO[C@@H](CN)C3)c(F)c2)C(=O)O1. The molecule has 2 aliphatic heterocycles. The predicted octanol–water partition coefficient (Wildman–Crippen LogP) is 0.451. The second-order valence-corrected chi connectivity index (χ2v) is 6.36. The molecule has 3 rings (SSSR count). The quantitative estimate of drug-likeness (QED) is 0.785. The molecule has 2 fully saturated rings. The van der Waals surface area contributed by atoms with Crippen LogP contribution < -0.4 is 20.9 Å². The fourth-order valence-electron chi connectivity index (χ4n) is 3.10. The number of halogens is 1. The highest BCUT2D eigenvalue weighted by molar-refractivity contribution is 5.90. The van der Waals surface area contributed by atoms with Gasteiger partial charge in [0, 0.05) is 26.6 Å². The number of anilines is 2. The molecule has 2 atom stereocenters. The third kappa shape index (κ3) is 4.05. The molecule has 26 heavy (non-hydrogen) atoms. The van der Waals surface area contributed by atoms with Crippen molar-refractivity contribution in [3.63, 3.8) is 0 Å². The van der Waals surface area contributed by atoms with Crippen molar-refractivity contribution in [2.24, 2.45) is 5.73 Å². The fourth-order valence-corrected chi connectivity index (χ4v) is 3.10. The van der Waals surface area contributed by atoms with E-state index >= 15 is 0 Å². The number of cyclic esters (lactones) is 1. The molecule has 0 saturated carbocycles. The predicted molar refractivity (Wildman–Crippen MR) is 93.7 cm³/mol. The maximum absolute atomic E-state index is 14.6. The summed E-state index contributed by atoms with van der Waals surface area (Å²) >= 11 is 0. The molecule has 0 bridgehead atoms. The number of amides is 2. The Balaban J connectivity index is 1.69. The summed E-state index contributed by atoms with van der Waals surface area (Å²) in [5.74, 6) is -0.616. The Hall–Kier alpha value is -2.39. The maximum atomic E-state index is 14.6. The van der Waals surface area contributed by atoms with Crippen LogP contribution in [0.15, 0.2) is 18.2 Å². The number of ether oxygens (including phenoxy) is 2. The molecular formula is C17H23FN4O4. The molecule has 142 valence electrons. The number of nitrogens with zero attached hydrogens (tertiary/aromatic N) is 2. The molecule has 0 aromatic heterocycles. The lowest BCUT2D eigenvalue weighted by molar-refractivity contribution is -0.119. The van der Waals surface area contributed by atoms with Crippen molar-refractivity contribution in [1.82, 2.24) is 5.32 Å². The Labute approximate surface area is 151 Å². The van der Waals surface area contributed by atoms with Crippen molar-refractivity contribution >= 4 is 23.4 Å². The molecule has 2 aliphatic rings. The average molecular weight is 366 g/mol. The first-order chi connectivity index (χ1) is 12.5. The van der Waals surface area contributed by atoms with E-state index in [1.165, 1.54) is 17.9 Å². The van der Waals surface area contributed by atoms with E-state index in [4.69, 9.17) is 15.2 Å². The first kappa shape index (κ1) is 18.4. The summed E-state index contributed by atoms with van der Waals surface area (Å²) in [6.45, 7) is 3.85. The third-order valence-electron chi connectivity index (χ3n) is 4.44. The van der Waals surface area contributed by atoms with Gasteiger partial charge in [0.15, 0.2) is 0 Å². The highest BCUT2D eigenvalue weighted by Gasteiger charge is 2.33. The van der Waals surface area contributed by atoms with E-state index in [-0.39, 0.29) is 25.1 Å². The van der Waals surface area contributed by atoms with Gasteiger partial charge in [-0.05, 0) is 18.2 Å². The van der Waals surface area contributed by atoms with E-state index < -0.39 is 18.0 Å². The smallest absolute Gasteiger partial charge is 0.414 e. The standard InChI is InChI=1S/C17H23FN4O4/c1-11(23)20-8-14-10-22(17(24)26-14)12-2-3-16(15(18)6-12)21-4-5-25-13(7-19)9-21/h2-3,6,13-14H,4-5,7-10,19H2,1H3,(H,20,23)/t13-,14-/m0/s1. The fraction of sp³-hybridized carbons (Fsp3) is 0.529. The minimum atomic E-state index is -0.554. The van der Waals surface area contributed by atoms with Crippen LogP contribution in [0.25, 0.3) is 0 Å². The Morgan fingerprint density at radius 3 is 2.88 bits per heavy atom. The average Bonchev–Trinajstić information content (AvgIpc) is 3.00. The lowest BCUT2D eigenvalue weighted by Gasteiger charge is -2.34. The number of nitrogens with one attached hydrogen (secondary N) is 1. The van der Waals surface area contributed by atoms with Gasteiger partial charge in [-0.2, -0.15) is 0 Å². The summed E-state index contributed by atoms with van der Waals surface area (Å²) in [6.07, 6.45) is -1.13. The van der Waals surface area contributed by atoms with E-state index in [1.54, 1.807) is 12.1 Å². The molecule has 0 spiro atoms. The number of nitrogens with two attached hydrogens (primary N) is 1. The molecule has 8 nitrogen and oxygen atoms in total. The maximum Gasteiger partial charge on any atom is 0.414 e. The molecular weight excluding hydrogens is 343 g/mol. The number of benzene rings is 1. The van der Waals surface area contributed by atoms with Gasteiger partial charge in [0.1, 0.15) is 11.9 Å². The normalized spacial score (nSPS) is 23.1. The van der Waals surface area contributed by atoms with Gasteiger partial charge in [-0.15, -0.1) is 0 Å². The highest BCUT2D eigenvalue weighted by Crippen LogP contribution is 2.28. The van der Waals surface area contributed by atoms with E-state index in [0.717, 1.165) is 0 Å². The van der Waals surface area contributed by atoms with Crippen LogP contribution in [0.2, 0.25) is 0 Å². The number of morpholine rings is 1. The molecule has 1 aromatic carbocycles. The van der Waals surface area contributed by atoms with Crippen molar-refractivity contribution in [2.45, 2.75) is 19.1 Å². The van der Waals surface area contributed by atoms with Crippen LogP contribution in [0.3, 0.4) is 0 Å². The summed E-state index contributed by atoms with van der Waals surface area (Å²) in [7, 11) is 0. The number of hydrogen-bond acceptors (Lipinski definition) is 6. The van der Waals surface area contributed by atoms with E-state index in [0.29, 0.717) is 37.6 Å². The summed E-state index contributed by atoms with van der Waals surface area (Å²) in [5.41, 5.74) is 6.51. The molecule has 3 N–H and O–H groups in total. The molecule has 0 aliphatic carbocycles. The number of carbonyl (C=O) groups excluding carboxylic acids is 2. The molecule has 2 saturated heterocycles. The van der Waals surface area contributed by atoms with Crippen LogP contribution >= 0.6 is 0 Å². The second kappa shape index (κ2) is 7.88. The van der Waals surface area contributed by atoms with Crippen molar-refractivity contribution in [3.8, 4) is 0 Å². The summed E-state index contributed by atoms with van der Waals surface area (Å²) < 4.78 is 25.4. The zero-order valence-electron chi connectivity index (χ0n) is 14.6. The Morgan fingerprint density at radius 1 is 1.38 bits per heavy atom. The van der Waals surface area contributed by atoms with Crippen molar-refractivity contribution in [2.75, 3.05) is 49.1 Å². The molecule has 9 heteroatoms. The molecule has 1 aromatic rings. The van der Waals surface area contributed by atoms with Gasteiger partial charge in [-0.1, -0.05) is 0 Å². The molecule has 2 heterocycles. The first-order valence-electron chi connectivity index (χ1n) is 8.56. The van der Waals surface area contributed by atoms with Crippen LogP contribution in [-0.4, -0.2) is 63.5 Å². The van der Waals surface area contributed by atoms with Crippen LogP contribution in [-0.2, 0) is 14.3 Å². The number of rotatable bonds is 5. The Bertz CT molecular complexity index is 687. The summed E-state index contributed by atoms with van der Waals surface area (Å²) in [6, 6.07) is 4.66. The van der Waals surface area contributed by atoms with Crippen molar-refractivity contribution in [3.05, 3.63) is 24.0 Å². The van der Waals surface area contributed by atoms with Crippen molar-refractivity contribution < 1.29 is 23.5 Å². The van der Waals surface area contributed by atoms with Crippen LogP contribution in [0.4, 0.5) is 20.6 Å². The van der Waals surface area contributed by atoms with Gasteiger partial charge in [0.2, 0.25) is 5.91 Å². The first-order valence-corrected chi connectivity index (χ1v) is 8.56. The Kier molecular flexibility index (Phi) is 5.58.